The minimum Gasteiger partial charge on any atom is -0.348 e. The number of H-pyrrole nitrogens is 1. The van der Waals surface area contributed by atoms with Crippen molar-refractivity contribution in [2.75, 3.05) is 13.1 Å². The van der Waals surface area contributed by atoms with Crippen LogP contribution in [0.25, 0.3) is 0 Å². The van der Waals surface area contributed by atoms with Gasteiger partial charge in [-0.3, -0.25) is 14.5 Å². The zero-order valence-electron chi connectivity index (χ0n) is 14.6. The Balaban J connectivity index is 1.58. The van der Waals surface area contributed by atoms with Crippen molar-refractivity contribution in [1.29, 1.82) is 0 Å². The summed E-state index contributed by atoms with van der Waals surface area (Å²) >= 11 is 0. The molecular formula is C19H20F3N3O2. The van der Waals surface area contributed by atoms with Crippen LogP contribution in [0.1, 0.15) is 40.0 Å². The van der Waals surface area contributed by atoms with Crippen LogP contribution in [0, 0.1) is 0 Å². The van der Waals surface area contributed by atoms with Crippen LogP contribution in [0.2, 0.25) is 0 Å². The number of halogens is 3. The quantitative estimate of drug-likeness (QED) is 0.840. The Morgan fingerprint density at radius 3 is 2.26 bits per heavy atom. The molecule has 0 aliphatic carbocycles. The molecule has 2 heterocycles. The predicted octanol–water partition coefficient (Wildman–Crippen LogP) is 2.92. The third-order valence-electron chi connectivity index (χ3n) is 4.54. The first kappa shape index (κ1) is 19.2. The number of aromatic amines is 1. The number of hydrogen-bond acceptors (Lipinski definition) is 3. The largest absolute Gasteiger partial charge is 0.431 e. The molecule has 0 radical (unpaired) electrons. The summed E-state index contributed by atoms with van der Waals surface area (Å²) in [5.41, 5.74) is -0.572. The molecule has 0 unspecified atom stereocenters. The van der Waals surface area contributed by atoms with E-state index in [9.17, 15) is 22.8 Å². The number of amides is 1. The van der Waals surface area contributed by atoms with Crippen LogP contribution in [0.15, 0.2) is 41.2 Å². The molecule has 27 heavy (non-hydrogen) atoms. The first-order valence-electron chi connectivity index (χ1n) is 8.72. The zero-order valence-corrected chi connectivity index (χ0v) is 14.6. The molecule has 1 aliphatic heterocycles. The molecule has 1 aromatic heterocycles. The number of carbonyl (C=O) groups excluding carboxylic acids is 1. The molecule has 1 saturated heterocycles. The number of pyridine rings is 1. The molecule has 0 spiro atoms. The number of alkyl halides is 3. The summed E-state index contributed by atoms with van der Waals surface area (Å²) < 4.78 is 37.7. The van der Waals surface area contributed by atoms with Gasteiger partial charge >= 0.3 is 6.18 Å². The van der Waals surface area contributed by atoms with Gasteiger partial charge in [0.1, 0.15) is 11.3 Å². The van der Waals surface area contributed by atoms with Crippen molar-refractivity contribution in [1.82, 2.24) is 15.2 Å². The van der Waals surface area contributed by atoms with E-state index in [-0.39, 0.29) is 12.1 Å². The van der Waals surface area contributed by atoms with Crippen LogP contribution in [-0.4, -0.2) is 28.9 Å². The summed E-state index contributed by atoms with van der Waals surface area (Å²) in [5.74, 6) is -0.717. The number of benzene rings is 1. The van der Waals surface area contributed by atoms with Crippen molar-refractivity contribution >= 4 is 5.91 Å². The van der Waals surface area contributed by atoms with Crippen LogP contribution in [0.4, 0.5) is 13.2 Å². The summed E-state index contributed by atoms with van der Waals surface area (Å²) in [6.07, 6.45) is -2.20. The molecule has 5 nitrogen and oxygen atoms in total. The Hall–Kier alpha value is -2.61. The SMILES string of the molecule is O=C(NCc1ccc(CN2CCCC2)cc1)c1ccc(C(F)(F)F)[nH]c1=O. The van der Waals surface area contributed by atoms with E-state index in [4.69, 9.17) is 0 Å². The first-order valence-corrected chi connectivity index (χ1v) is 8.72. The molecule has 8 heteroatoms. The van der Waals surface area contributed by atoms with Crippen LogP contribution in [0.5, 0.6) is 0 Å². The molecule has 2 aromatic rings. The van der Waals surface area contributed by atoms with E-state index in [0.29, 0.717) is 6.07 Å². The minimum atomic E-state index is -4.66. The van der Waals surface area contributed by atoms with Gasteiger partial charge in [-0.1, -0.05) is 24.3 Å². The molecule has 1 aliphatic rings. The second-order valence-corrected chi connectivity index (χ2v) is 6.59. The molecule has 2 N–H and O–H groups in total. The second-order valence-electron chi connectivity index (χ2n) is 6.59. The second kappa shape index (κ2) is 7.96. The number of hydrogen-bond donors (Lipinski definition) is 2. The molecular weight excluding hydrogens is 359 g/mol. The monoisotopic (exact) mass is 379 g/mol. The van der Waals surface area contributed by atoms with E-state index in [0.717, 1.165) is 31.3 Å². The predicted molar refractivity (Wildman–Crippen MR) is 94.2 cm³/mol. The van der Waals surface area contributed by atoms with Gasteiger partial charge in [-0.15, -0.1) is 0 Å². The summed E-state index contributed by atoms with van der Waals surface area (Å²) in [6, 6.07) is 9.33. The lowest BCUT2D eigenvalue weighted by molar-refractivity contribution is -0.141. The number of nitrogens with zero attached hydrogens (tertiary/aromatic N) is 1. The van der Waals surface area contributed by atoms with Crippen molar-refractivity contribution in [3.8, 4) is 0 Å². The molecule has 0 saturated carbocycles. The average molecular weight is 379 g/mol. The zero-order chi connectivity index (χ0) is 19.4. The van der Waals surface area contributed by atoms with Crippen molar-refractivity contribution in [2.45, 2.75) is 32.1 Å². The highest BCUT2D eigenvalue weighted by Crippen LogP contribution is 2.26. The van der Waals surface area contributed by atoms with Crippen LogP contribution >= 0.6 is 0 Å². The van der Waals surface area contributed by atoms with Crippen molar-refractivity contribution in [2.24, 2.45) is 0 Å². The number of aromatic nitrogens is 1. The fourth-order valence-corrected chi connectivity index (χ4v) is 3.06. The Morgan fingerprint density at radius 2 is 1.67 bits per heavy atom. The van der Waals surface area contributed by atoms with Crippen molar-refractivity contribution < 1.29 is 18.0 Å². The third-order valence-corrected chi connectivity index (χ3v) is 4.54. The van der Waals surface area contributed by atoms with Crippen molar-refractivity contribution in [3.63, 3.8) is 0 Å². The highest BCUT2D eigenvalue weighted by Gasteiger charge is 2.32. The number of carbonyl (C=O) groups is 1. The fraction of sp³-hybridized carbons (Fsp3) is 0.368. The molecule has 1 aromatic carbocycles. The third kappa shape index (κ3) is 4.97. The molecule has 0 atom stereocenters. The Labute approximate surface area is 154 Å². The normalized spacial score (nSPS) is 15.1. The van der Waals surface area contributed by atoms with Gasteiger partial charge in [0, 0.05) is 13.1 Å². The average Bonchev–Trinajstić information content (AvgIpc) is 3.13. The van der Waals surface area contributed by atoms with Crippen molar-refractivity contribution in [3.05, 3.63) is 69.1 Å². The maximum atomic E-state index is 12.6. The fourth-order valence-electron chi connectivity index (χ4n) is 3.06. The van der Waals surface area contributed by atoms with Gasteiger partial charge in [-0.25, -0.2) is 0 Å². The van der Waals surface area contributed by atoms with Gasteiger partial charge in [0.25, 0.3) is 11.5 Å². The summed E-state index contributed by atoms with van der Waals surface area (Å²) in [7, 11) is 0. The molecule has 3 rings (SSSR count). The van der Waals surface area contributed by atoms with E-state index in [1.807, 2.05) is 24.3 Å². The molecule has 144 valence electrons. The van der Waals surface area contributed by atoms with Crippen LogP contribution in [-0.2, 0) is 19.3 Å². The van der Waals surface area contributed by atoms with Gasteiger partial charge in [0.05, 0.1) is 0 Å². The lowest BCUT2D eigenvalue weighted by Gasteiger charge is -2.14. The maximum absolute atomic E-state index is 12.6. The smallest absolute Gasteiger partial charge is 0.348 e. The van der Waals surface area contributed by atoms with E-state index in [1.165, 1.54) is 18.4 Å². The van der Waals surface area contributed by atoms with E-state index < -0.39 is 23.3 Å². The van der Waals surface area contributed by atoms with Crippen LogP contribution in [0.3, 0.4) is 0 Å². The lowest BCUT2D eigenvalue weighted by Crippen LogP contribution is -2.30. The standard InChI is InChI=1S/C19H20F3N3O2/c20-19(21,22)16-8-7-15(18(27)24-16)17(26)23-11-13-3-5-14(6-4-13)12-25-9-1-2-10-25/h3-8H,1-2,9-12H2,(H,23,26)(H,24,27). The van der Waals surface area contributed by atoms with Gasteiger partial charge in [0.15, 0.2) is 0 Å². The van der Waals surface area contributed by atoms with Gasteiger partial charge in [0.2, 0.25) is 0 Å². The Bertz CT molecular complexity index is 854. The van der Waals surface area contributed by atoms with E-state index in [2.05, 4.69) is 10.2 Å². The summed E-state index contributed by atoms with van der Waals surface area (Å²) in [6.45, 7) is 3.30. The molecule has 1 amide bonds. The first-order chi connectivity index (χ1) is 12.8. The summed E-state index contributed by atoms with van der Waals surface area (Å²) in [5, 5.41) is 2.56. The number of rotatable bonds is 5. The summed E-state index contributed by atoms with van der Waals surface area (Å²) in [4.78, 5) is 27.9. The van der Waals surface area contributed by atoms with Gasteiger partial charge < -0.3 is 10.3 Å². The molecule has 0 bridgehead atoms. The minimum absolute atomic E-state index is 0.184. The number of likely N-dealkylation sites (tertiary alicyclic amines) is 1. The highest BCUT2D eigenvalue weighted by atomic mass is 19.4. The maximum Gasteiger partial charge on any atom is 0.431 e. The van der Waals surface area contributed by atoms with Crippen LogP contribution < -0.4 is 10.9 Å². The highest BCUT2D eigenvalue weighted by molar-refractivity contribution is 5.93. The van der Waals surface area contributed by atoms with Gasteiger partial charge in [-0.2, -0.15) is 13.2 Å². The lowest BCUT2D eigenvalue weighted by atomic mass is 10.1. The Kier molecular flexibility index (Phi) is 5.65. The number of nitrogens with one attached hydrogen (secondary N) is 2. The Morgan fingerprint density at radius 1 is 1.04 bits per heavy atom. The van der Waals surface area contributed by atoms with E-state index >= 15 is 0 Å². The topological polar surface area (TPSA) is 65.2 Å². The molecule has 1 fully saturated rings. The van der Waals surface area contributed by atoms with E-state index in [1.54, 1.807) is 4.98 Å². The van der Waals surface area contributed by atoms with Gasteiger partial charge in [-0.05, 0) is 49.2 Å².